The lowest BCUT2D eigenvalue weighted by molar-refractivity contribution is -0.140. The Bertz CT molecular complexity index is 384. The summed E-state index contributed by atoms with van der Waals surface area (Å²) in [6.07, 6.45) is 9.15. The number of carbonyl (C=O) groups is 2. The molecule has 1 aliphatic heterocycles. The van der Waals surface area contributed by atoms with E-state index in [1.165, 1.54) is 7.11 Å². The molecular weight excluding hydrogens is 316 g/mol. The van der Waals surface area contributed by atoms with Gasteiger partial charge in [0.25, 0.3) is 0 Å². The topological polar surface area (TPSA) is 67.4 Å². The number of esters is 1. The van der Waals surface area contributed by atoms with Crippen LogP contribution in [0.3, 0.4) is 0 Å². The number of methoxy groups -OCH3 is 1. The number of carbonyl (C=O) groups excluding carboxylic acids is 2. The van der Waals surface area contributed by atoms with Crippen molar-refractivity contribution >= 4 is 24.3 Å². The largest absolute Gasteiger partial charge is 0.469 e. The van der Waals surface area contributed by atoms with Crippen molar-refractivity contribution in [2.45, 2.75) is 57.8 Å². The van der Waals surface area contributed by atoms with Crippen LogP contribution in [-0.2, 0) is 14.3 Å². The van der Waals surface area contributed by atoms with Crippen LogP contribution in [0.2, 0.25) is 0 Å². The van der Waals surface area contributed by atoms with Gasteiger partial charge in [0.1, 0.15) is 0 Å². The Labute approximate surface area is 145 Å². The maximum Gasteiger partial charge on any atom is 0.305 e. The van der Waals surface area contributed by atoms with Crippen molar-refractivity contribution in [1.29, 1.82) is 0 Å². The molecule has 2 fully saturated rings. The van der Waals surface area contributed by atoms with Crippen LogP contribution in [0, 0.1) is 11.3 Å². The van der Waals surface area contributed by atoms with Crippen LogP contribution in [0.15, 0.2) is 0 Å². The second-order valence-corrected chi connectivity index (χ2v) is 6.75. The number of ether oxygens (including phenoxy) is 1. The summed E-state index contributed by atoms with van der Waals surface area (Å²) in [4.78, 5) is 23.1. The summed E-state index contributed by atoms with van der Waals surface area (Å²) in [5.74, 6) is 0.422. The highest BCUT2D eigenvalue weighted by atomic mass is 35.5. The van der Waals surface area contributed by atoms with Crippen LogP contribution in [0.25, 0.3) is 0 Å². The SMILES string of the molecule is COC(=O)CCCCCCCNC(=O)C1CC12CCNCC2.Cl. The fourth-order valence-corrected chi connectivity index (χ4v) is 3.56. The van der Waals surface area contributed by atoms with Gasteiger partial charge in [0.15, 0.2) is 0 Å². The van der Waals surface area contributed by atoms with E-state index in [4.69, 9.17) is 0 Å². The zero-order chi connectivity index (χ0) is 15.8. The van der Waals surface area contributed by atoms with Crippen LogP contribution in [-0.4, -0.2) is 38.6 Å². The average molecular weight is 347 g/mol. The van der Waals surface area contributed by atoms with E-state index in [2.05, 4.69) is 15.4 Å². The summed E-state index contributed by atoms with van der Waals surface area (Å²) >= 11 is 0. The first-order valence-corrected chi connectivity index (χ1v) is 8.73. The van der Waals surface area contributed by atoms with Crippen LogP contribution >= 0.6 is 12.4 Å². The summed E-state index contributed by atoms with van der Waals surface area (Å²) in [5.41, 5.74) is 0.337. The van der Waals surface area contributed by atoms with E-state index in [1.54, 1.807) is 0 Å². The van der Waals surface area contributed by atoms with Crippen molar-refractivity contribution in [2.75, 3.05) is 26.7 Å². The summed E-state index contributed by atoms with van der Waals surface area (Å²) in [6.45, 7) is 2.92. The maximum absolute atomic E-state index is 12.1. The molecule has 23 heavy (non-hydrogen) atoms. The number of nitrogens with one attached hydrogen (secondary N) is 2. The van der Waals surface area contributed by atoms with Gasteiger partial charge in [0.05, 0.1) is 7.11 Å². The van der Waals surface area contributed by atoms with Crippen molar-refractivity contribution in [1.82, 2.24) is 10.6 Å². The van der Waals surface area contributed by atoms with Gasteiger partial charge in [-0.15, -0.1) is 12.4 Å². The number of halogens is 1. The van der Waals surface area contributed by atoms with Gasteiger partial charge in [-0.25, -0.2) is 0 Å². The second kappa shape index (κ2) is 10.1. The monoisotopic (exact) mass is 346 g/mol. The molecule has 1 heterocycles. The van der Waals surface area contributed by atoms with E-state index in [0.717, 1.165) is 71.0 Å². The molecule has 1 amide bonds. The fourth-order valence-electron chi connectivity index (χ4n) is 3.56. The van der Waals surface area contributed by atoms with Crippen LogP contribution < -0.4 is 10.6 Å². The van der Waals surface area contributed by atoms with E-state index in [0.29, 0.717) is 11.8 Å². The standard InChI is InChI=1S/C17H30N2O3.ClH/c1-22-15(20)7-5-3-2-4-6-10-19-16(21)14-13-17(14)8-11-18-12-9-17;/h14,18H,2-13H2,1H3,(H,19,21);1H. The Morgan fingerprint density at radius 1 is 1.13 bits per heavy atom. The summed E-state index contributed by atoms with van der Waals surface area (Å²) in [6, 6.07) is 0. The van der Waals surface area contributed by atoms with Gasteiger partial charge in [-0.05, 0) is 50.6 Å². The molecule has 134 valence electrons. The van der Waals surface area contributed by atoms with E-state index in [-0.39, 0.29) is 30.2 Å². The van der Waals surface area contributed by atoms with E-state index in [9.17, 15) is 9.59 Å². The first-order chi connectivity index (χ1) is 10.7. The molecule has 5 nitrogen and oxygen atoms in total. The lowest BCUT2D eigenvalue weighted by atomic mass is 9.92. The summed E-state index contributed by atoms with van der Waals surface area (Å²) < 4.78 is 4.61. The highest BCUT2D eigenvalue weighted by Gasteiger charge is 2.57. The first-order valence-electron chi connectivity index (χ1n) is 8.73. The molecule has 0 aromatic carbocycles. The second-order valence-electron chi connectivity index (χ2n) is 6.75. The minimum Gasteiger partial charge on any atom is -0.469 e. The molecule has 0 aromatic heterocycles. The number of amides is 1. The first kappa shape index (κ1) is 20.2. The number of rotatable bonds is 9. The lowest BCUT2D eigenvalue weighted by Gasteiger charge is -2.23. The molecule has 1 aliphatic carbocycles. The van der Waals surface area contributed by atoms with E-state index in [1.807, 2.05) is 0 Å². The molecule has 2 rings (SSSR count). The van der Waals surface area contributed by atoms with Gasteiger partial charge >= 0.3 is 5.97 Å². The molecule has 1 saturated carbocycles. The maximum atomic E-state index is 12.1. The van der Waals surface area contributed by atoms with E-state index < -0.39 is 0 Å². The van der Waals surface area contributed by atoms with Crippen molar-refractivity contribution in [3.8, 4) is 0 Å². The van der Waals surface area contributed by atoms with Crippen molar-refractivity contribution < 1.29 is 14.3 Å². The quantitative estimate of drug-likeness (QED) is 0.497. The predicted octanol–water partition coefficient (Wildman–Crippen LogP) is 2.43. The number of hydrogen-bond acceptors (Lipinski definition) is 4. The minimum atomic E-state index is -0.122. The number of hydrogen-bond donors (Lipinski definition) is 2. The molecule has 0 bridgehead atoms. The third-order valence-corrected chi connectivity index (χ3v) is 5.19. The molecule has 2 aliphatic rings. The third-order valence-electron chi connectivity index (χ3n) is 5.19. The predicted molar refractivity (Wildman–Crippen MR) is 92.6 cm³/mol. The third kappa shape index (κ3) is 6.30. The smallest absolute Gasteiger partial charge is 0.305 e. The highest BCUT2D eigenvalue weighted by Crippen LogP contribution is 2.58. The summed E-state index contributed by atoms with van der Waals surface area (Å²) in [5, 5.41) is 6.47. The van der Waals surface area contributed by atoms with Crippen LogP contribution in [0.4, 0.5) is 0 Å². The minimum absolute atomic E-state index is 0. The molecule has 6 heteroatoms. The molecule has 1 saturated heterocycles. The molecular formula is C17H31ClN2O3. The zero-order valence-corrected chi connectivity index (χ0v) is 15.0. The van der Waals surface area contributed by atoms with Crippen LogP contribution in [0.1, 0.15) is 57.8 Å². The molecule has 0 radical (unpaired) electrons. The normalized spacial score (nSPS) is 21.3. The van der Waals surface area contributed by atoms with Gasteiger partial charge < -0.3 is 15.4 Å². The lowest BCUT2D eigenvalue weighted by Crippen LogP contribution is -2.34. The fraction of sp³-hybridized carbons (Fsp3) is 0.882. The number of unbranched alkanes of at least 4 members (excludes halogenated alkanes) is 4. The zero-order valence-electron chi connectivity index (χ0n) is 14.2. The Balaban J connectivity index is 0.00000264. The Kier molecular flexibility index (Phi) is 8.92. The van der Waals surface area contributed by atoms with Gasteiger partial charge in [-0.3, -0.25) is 9.59 Å². The Hall–Kier alpha value is -0.810. The molecule has 1 spiro atoms. The van der Waals surface area contributed by atoms with Gasteiger partial charge in [-0.1, -0.05) is 19.3 Å². The molecule has 1 atom stereocenters. The van der Waals surface area contributed by atoms with Crippen molar-refractivity contribution in [3.05, 3.63) is 0 Å². The van der Waals surface area contributed by atoms with Gasteiger partial charge in [0, 0.05) is 18.9 Å². The van der Waals surface area contributed by atoms with Crippen LogP contribution in [0.5, 0.6) is 0 Å². The summed E-state index contributed by atoms with van der Waals surface area (Å²) in [7, 11) is 1.43. The number of piperidine rings is 1. The Morgan fingerprint density at radius 3 is 2.48 bits per heavy atom. The van der Waals surface area contributed by atoms with E-state index >= 15 is 0 Å². The molecule has 1 unspecified atom stereocenters. The van der Waals surface area contributed by atoms with Gasteiger partial charge in [0.2, 0.25) is 5.91 Å². The highest BCUT2D eigenvalue weighted by molar-refractivity contribution is 5.85. The Morgan fingerprint density at radius 2 is 1.78 bits per heavy atom. The van der Waals surface area contributed by atoms with Crippen molar-refractivity contribution in [2.24, 2.45) is 11.3 Å². The van der Waals surface area contributed by atoms with Crippen molar-refractivity contribution in [3.63, 3.8) is 0 Å². The average Bonchev–Trinajstić information content (AvgIpc) is 3.23. The molecule has 0 aromatic rings. The van der Waals surface area contributed by atoms with Gasteiger partial charge in [-0.2, -0.15) is 0 Å². The molecule has 2 N–H and O–H groups in total.